The van der Waals surface area contributed by atoms with Gasteiger partial charge in [-0.2, -0.15) is 0 Å². The fourth-order valence-corrected chi connectivity index (χ4v) is 13.5. The zero-order valence-electron chi connectivity index (χ0n) is 9.88. The van der Waals surface area contributed by atoms with Crippen molar-refractivity contribution in [1.29, 1.82) is 0 Å². The number of halogens is 1. The minimum atomic E-state index is -2.39. The molecule has 88 valence electrons. The van der Waals surface area contributed by atoms with E-state index in [4.69, 9.17) is 12.1 Å². The molecule has 2 bridgehead atoms. The van der Waals surface area contributed by atoms with Crippen molar-refractivity contribution in [3.8, 4) is 0 Å². The first-order valence-corrected chi connectivity index (χ1v) is 13.3. The molecule has 3 heteroatoms. The van der Waals surface area contributed by atoms with Crippen LogP contribution in [0.25, 0.3) is 0 Å². The standard InChI is InChI=1S/C12H21ClOTe/c1-4-15(13)8-12-6-5-9(11(12,2)3)7-10(12)14-15/h9-10H,4-8H2,1-3H3/t9-,10-,12-/m1/s1. The van der Waals surface area contributed by atoms with Crippen molar-refractivity contribution in [3.05, 3.63) is 0 Å². The molecule has 0 aromatic carbocycles. The summed E-state index contributed by atoms with van der Waals surface area (Å²) in [5.74, 6) is 0.906. The fourth-order valence-electron chi connectivity index (χ4n) is 4.27. The van der Waals surface area contributed by atoms with E-state index >= 15 is 0 Å². The summed E-state index contributed by atoms with van der Waals surface area (Å²) in [5, 5.41) is 0. The first-order chi connectivity index (χ1) is 6.94. The Bertz CT molecular complexity index is 306. The van der Waals surface area contributed by atoms with Crippen LogP contribution in [0, 0.1) is 16.7 Å². The fraction of sp³-hybridized carbons (Fsp3) is 1.00. The van der Waals surface area contributed by atoms with Gasteiger partial charge in [-0.15, -0.1) is 0 Å². The number of hydrogen-bond donors (Lipinski definition) is 0. The summed E-state index contributed by atoms with van der Waals surface area (Å²) < 4.78 is 8.73. The van der Waals surface area contributed by atoms with Crippen molar-refractivity contribution in [3.63, 3.8) is 0 Å². The predicted molar refractivity (Wildman–Crippen MR) is 65.3 cm³/mol. The summed E-state index contributed by atoms with van der Waals surface area (Å²) in [5.41, 5.74) is 0.978. The molecule has 1 saturated heterocycles. The number of rotatable bonds is 1. The Balaban J connectivity index is 1.99. The van der Waals surface area contributed by atoms with Crippen molar-refractivity contribution in [2.75, 3.05) is 0 Å². The van der Waals surface area contributed by atoms with Crippen LogP contribution >= 0.6 is 8.96 Å². The molecule has 1 aliphatic heterocycles. The molecule has 3 fully saturated rings. The van der Waals surface area contributed by atoms with Crippen LogP contribution in [0.5, 0.6) is 0 Å². The van der Waals surface area contributed by atoms with Crippen LogP contribution in [0.15, 0.2) is 0 Å². The van der Waals surface area contributed by atoms with Gasteiger partial charge in [-0.3, -0.25) is 0 Å². The van der Waals surface area contributed by atoms with Crippen molar-refractivity contribution < 1.29 is 3.10 Å². The molecular formula is C12H21ClOTe. The molecule has 0 unspecified atom stereocenters. The second-order valence-corrected chi connectivity index (χ2v) is 17.0. The molecule has 0 aromatic rings. The molecule has 1 heterocycles. The van der Waals surface area contributed by atoms with E-state index in [1.807, 2.05) is 0 Å². The maximum absolute atomic E-state index is 6.74. The van der Waals surface area contributed by atoms with E-state index in [0.717, 1.165) is 10.4 Å². The topological polar surface area (TPSA) is 9.23 Å². The van der Waals surface area contributed by atoms with Crippen LogP contribution in [0.4, 0.5) is 0 Å². The third-order valence-electron chi connectivity index (χ3n) is 5.55. The van der Waals surface area contributed by atoms with Crippen molar-refractivity contribution in [1.82, 2.24) is 0 Å². The number of hydrogen-bond acceptors (Lipinski definition) is 1. The van der Waals surface area contributed by atoms with Crippen LogP contribution in [0.2, 0.25) is 8.94 Å². The second kappa shape index (κ2) is 3.08. The molecular weight excluding hydrogens is 323 g/mol. The van der Waals surface area contributed by atoms with Gasteiger partial charge in [0.05, 0.1) is 0 Å². The molecule has 1 spiro atoms. The summed E-state index contributed by atoms with van der Waals surface area (Å²) in [4.78, 5) is 0. The SMILES string of the molecule is CC[Te@@]1(Cl)C[C@]23CC[C@H](C[C@H]2O1)C3(C)C. The molecule has 3 rings (SSSR count). The van der Waals surface area contributed by atoms with Gasteiger partial charge in [-0.1, -0.05) is 0 Å². The van der Waals surface area contributed by atoms with Gasteiger partial charge in [0.2, 0.25) is 0 Å². The van der Waals surface area contributed by atoms with E-state index in [0.29, 0.717) is 16.9 Å². The summed E-state index contributed by atoms with van der Waals surface area (Å²) >= 11 is -2.39. The van der Waals surface area contributed by atoms with E-state index in [-0.39, 0.29) is 0 Å². The van der Waals surface area contributed by atoms with E-state index < -0.39 is 17.5 Å². The Hall–Kier alpha value is 1.04. The van der Waals surface area contributed by atoms with Crippen molar-refractivity contribution >= 4 is 26.4 Å². The van der Waals surface area contributed by atoms with Crippen molar-refractivity contribution in [2.24, 2.45) is 16.7 Å². The Labute approximate surface area is 101 Å². The summed E-state index contributed by atoms with van der Waals surface area (Å²) in [6.45, 7) is 7.16. The molecule has 2 saturated carbocycles. The molecule has 3 aliphatic rings. The van der Waals surface area contributed by atoms with Gasteiger partial charge in [0, 0.05) is 0 Å². The van der Waals surface area contributed by atoms with Crippen LogP contribution < -0.4 is 0 Å². The third kappa shape index (κ3) is 1.21. The molecule has 0 amide bonds. The van der Waals surface area contributed by atoms with Crippen LogP contribution in [-0.2, 0) is 3.10 Å². The Morgan fingerprint density at radius 3 is 2.73 bits per heavy atom. The minimum absolute atomic E-state index is 0.483. The molecule has 1 nitrogen and oxygen atoms in total. The molecule has 0 N–H and O–H groups in total. The first kappa shape index (κ1) is 11.1. The Morgan fingerprint density at radius 2 is 2.20 bits per heavy atom. The normalized spacial score (nSPS) is 56.0. The van der Waals surface area contributed by atoms with E-state index in [1.165, 1.54) is 23.7 Å². The van der Waals surface area contributed by atoms with E-state index in [2.05, 4.69) is 20.8 Å². The summed E-state index contributed by atoms with van der Waals surface area (Å²) in [7, 11) is 6.74. The van der Waals surface area contributed by atoms with Gasteiger partial charge in [0.25, 0.3) is 0 Å². The predicted octanol–water partition coefficient (Wildman–Crippen LogP) is 3.91. The average Bonchev–Trinajstić information content (AvgIpc) is 2.68. The molecule has 4 atom stereocenters. The molecule has 0 aromatic heterocycles. The number of fused-ring (bicyclic) bond motifs is 1. The average molecular weight is 344 g/mol. The maximum atomic E-state index is 6.74. The van der Waals surface area contributed by atoms with Crippen LogP contribution in [0.1, 0.15) is 40.0 Å². The Kier molecular flexibility index (Phi) is 2.29. The van der Waals surface area contributed by atoms with Crippen molar-refractivity contribution in [2.45, 2.75) is 55.1 Å². The monoisotopic (exact) mass is 346 g/mol. The quantitative estimate of drug-likeness (QED) is 0.656. The molecule has 2 aliphatic carbocycles. The first-order valence-electron chi connectivity index (χ1n) is 6.10. The Morgan fingerprint density at radius 1 is 1.47 bits per heavy atom. The second-order valence-electron chi connectivity index (χ2n) is 6.09. The third-order valence-corrected chi connectivity index (χ3v) is 15.0. The molecule has 15 heavy (non-hydrogen) atoms. The zero-order chi connectivity index (χ0) is 10.9. The van der Waals surface area contributed by atoms with Gasteiger partial charge in [-0.25, -0.2) is 0 Å². The van der Waals surface area contributed by atoms with Gasteiger partial charge >= 0.3 is 101 Å². The van der Waals surface area contributed by atoms with Crippen LogP contribution in [0.3, 0.4) is 0 Å². The van der Waals surface area contributed by atoms with Gasteiger partial charge in [0.1, 0.15) is 0 Å². The summed E-state index contributed by atoms with van der Waals surface area (Å²) in [6, 6.07) is 0. The summed E-state index contributed by atoms with van der Waals surface area (Å²) in [6.07, 6.45) is 4.64. The van der Waals surface area contributed by atoms with Crippen LogP contribution in [-0.4, -0.2) is 23.6 Å². The van der Waals surface area contributed by atoms with Gasteiger partial charge < -0.3 is 0 Å². The van der Waals surface area contributed by atoms with Gasteiger partial charge in [0.15, 0.2) is 0 Å². The van der Waals surface area contributed by atoms with E-state index in [1.54, 1.807) is 0 Å². The van der Waals surface area contributed by atoms with E-state index in [9.17, 15) is 0 Å². The zero-order valence-corrected chi connectivity index (χ0v) is 13.0. The van der Waals surface area contributed by atoms with Gasteiger partial charge in [-0.05, 0) is 0 Å². The molecule has 0 radical (unpaired) electrons.